The van der Waals surface area contributed by atoms with E-state index in [0.717, 1.165) is 29.9 Å². The first-order valence-electron chi connectivity index (χ1n) is 10.8. The largest absolute Gasteiger partial charge is 0.422 e. The minimum atomic E-state index is -0.363. The summed E-state index contributed by atoms with van der Waals surface area (Å²) in [5, 5.41) is 3.77. The Morgan fingerprint density at radius 2 is 1.90 bits per heavy atom. The molecule has 6 heteroatoms. The first-order chi connectivity index (χ1) is 15.0. The van der Waals surface area contributed by atoms with Gasteiger partial charge in [0.1, 0.15) is 5.58 Å². The Morgan fingerprint density at radius 3 is 2.65 bits per heavy atom. The van der Waals surface area contributed by atoms with E-state index in [2.05, 4.69) is 30.1 Å². The van der Waals surface area contributed by atoms with Crippen LogP contribution in [0.25, 0.3) is 23.1 Å². The monoisotopic (exact) mass is 420 g/mol. The molecule has 1 aromatic carbocycles. The summed E-state index contributed by atoms with van der Waals surface area (Å²) < 4.78 is 7.64. The topological polar surface area (TPSA) is 66.4 Å². The average molecular weight is 421 g/mol. The van der Waals surface area contributed by atoms with Crippen LogP contribution in [-0.2, 0) is 11.3 Å². The molecule has 6 nitrogen and oxygen atoms in total. The van der Waals surface area contributed by atoms with Crippen LogP contribution < -0.4 is 20.4 Å². The van der Waals surface area contributed by atoms with E-state index in [9.17, 15) is 9.59 Å². The van der Waals surface area contributed by atoms with E-state index in [4.69, 9.17) is 4.42 Å². The number of aromatic nitrogens is 1. The van der Waals surface area contributed by atoms with Gasteiger partial charge in [-0.3, -0.25) is 4.79 Å². The standard InChI is InChI=1S/C25H29N3O3/c1-4-24(29)26-14-16-28-15-8-7-9-21(28)12-11-20-17-19-10-13-22(27(5-2)6-3)18-23(19)31-25(20)30/h7-13,15,17-18H,4-6,14,16H2,1-3H3/p+1. The van der Waals surface area contributed by atoms with Crippen molar-refractivity contribution >= 4 is 34.7 Å². The van der Waals surface area contributed by atoms with Crippen molar-refractivity contribution < 1.29 is 13.8 Å². The van der Waals surface area contributed by atoms with Crippen LogP contribution in [-0.4, -0.2) is 25.5 Å². The number of anilines is 1. The van der Waals surface area contributed by atoms with E-state index >= 15 is 0 Å². The number of fused-ring (bicyclic) bond motifs is 1. The summed E-state index contributed by atoms with van der Waals surface area (Å²) in [7, 11) is 0. The van der Waals surface area contributed by atoms with Gasteiger partial charge in [-0.1, -0.05) is 6.92 Å². The molecule has 0 aliphatic rings. The molecule has 0 aliphatic heterocycles. The molecule has 0 aliphatic carbocycles. The second kappa shape index (κ2) is 10.6. The summed E-state index contributed by atoms with van der Waals surface area (Å²) in [6.07, 6.45) is 6.10. The molecule has 2 aromatic heterocycles. The van der Waals surface area contributed by atoms with Gasteiger partial charge in [-0.2, -0.15) is 4.57 Å². The maximum Gasteiger partial charge on any atom is 0.343 e. The summed E-state index contributed by atoms with van der Waals surface area (Å²) in [5.41, 5.74) is 2.71. The lowest BCUT2D eigenvalue weighted by Crippen LogP contribution is -2.42. The van der Waals surface area contributed by atoms with Crippen molar-refractivity contribution in [2.45, 2.75) is 33.7 Å². The van der Waals surface area contributed by atoms with E-state index in [1.807, 2.05) is 60.2 Å². The highest BCUT2D eigenvalue weighted by atomic mass is 16.4. The fraction of sp³-hybridized carbons (Fsp3) is 0.320. The molecule has 0 atom stereocenters. The molecule has 0 radical (unpaired) electrons. The molecule has 0 saturated heterocycles. The van der Waals surface area contributed by atoms with Crippen LogP contribution in [0.4, 0.5) is 5.69 Å². The van der Waals surface area contributed by atoms with Gasteiger partial charge in [0.25, 0.3) is 0 Å². The molecule has 0 fully saturated rings. The van der Waals surface area contributed by atoms with Gasteiger partial charge >= 0.3 is 5.63 Å². The van der Waals surface area contributed by atoms with Crippen LogP contribution >= 0.6 is 0 Å². The molecule has 0 saturated carbocycles. The summed E-state index contributed by atoms with van der Waals surface area (Å²) in [6, 6.07) is 13.7. The summed E-state index contributed by atoms with van der Waals surface area (Å²) in [4.78, 5) is 26.2. The molecular weight excluding hydrogens is 390 g/mol. The molecule has 0 bridgehead atoms. The van der Waals surface area contributed by atoms with Gasteiger partial charge in [0.15, 0.2) is 12.7 Å². The summed E-state index contributed by atoms with van der Waals surface area (Å²) in [6.45, 7) is 9.02. The van der Waals surface area contributed by atoms with E-state index in [1.165, 1.54) is 0 Å². The lowest BCUT2D eigenvalue weighted by atomic mass is 10.1. The number of amides is 1. The van der Waals surface area contributed by atoms with Crippen LogP contribution in [0.3, 0.4) is 0 Å². The molecule has 0 spiro atoms. The van der Waals surface area contributed by atoms with E-state index in [-0.39, 0.29) is 11.5 Å². The summed E-state index contributed by atoms with van der Waals surface area (Å²) >= 11 is 0. The minimum Gasteiger partial charge on any atom is -0.422 e. The Morgan fingerprint density at radius 1 is 1.10 bits per heavy atom. The Kier molecular flexibility index (Phi) is 7.60. The lowest BCUT2D eigenvalue weighted by Gasteiger charge is -2.20. The Labute approximate surface area is 182 Å². The lowest BCUT2D eigenvalue weighted by molar-refractivity contribution is -0.696. The van der Waals surface area contributed by atoms with Crippen molar-refractivity contribution in [2.24, 2.45) is 0 Å². The molecule has 2 heterocycles. The van der Waals surface area contributed by atoms with Crippen LogP contribution in [0.1, 0.15) is 38.4 Å². The molecular formula is C25H30N3O3+. The number of hydrogen-bond donors (Lipinski definition) is 1. The second-order valence-corrected chi connectivity index (χ2v) is 7.24. The van der Waals surface area contributed by atoms with Crippen molar-refractivity contribution in [3.05, 3.63) is 70.3 Å². The van der Waals surface area contributed by atoms with Crippen molar-refractivity contribution in [3.8, 4) is 0 Å². The van der Waals surface area contributed by atoms with Crippen LogP contribution in [0.5, 0.6) is 0 Å². The zero-order valence-electron chi connectivity index (χ0n) is 18.4. The second-order valence-electron chi connectivity index (χ2n) is 7.24. The van der Waals surface area contributed by atoms with Gasteiger partial charge in [-0.25, -0.2) is 4.79 Å². The van der Waals surface area contributed by atoms with Gasteiger partial charge in [0.05, 0.1) is 12.1 Å². The maximum atomic E-state index is 12.6. The maximum absolute atomic E-state index is 12.6. The van der Waals surface area contributed by atoms with Gasteiger partial charge in [-0.05, 0) is 44.2 Å². The zero-order chi connectivity index (χ0) is 22.2. The summed E-state index contributed by atoms with van der Waals surface area (Å²) in [5.74, 6) is 0.0338. The third kappa shape index (κ3) is 5.60. The van der Waals surface area contributed by atoms with Crippen molar-refractivity contribution in [1.29, 1.82) is 0 Å². The number of nitrogens with one attached hydrogen (secondary N) is 1. The van der Waals surface area contributed by atoms with Crippen molar-refractivity contribution in [1.82, 2.24) is 5.32 Å². The molecule has 31 heavy (non-hydrogen) atoms. The predicted molar refractivity (Wildman–Crippen MR) is 125 cm³/mol. The molecule has 0 unspecified atom stereocenters. The fourth-order valence-corrected chi connectivity index (χ4v) is 3.48. The Bertz CT molecular complexity index is 1130. The SMILES string of the molecule is CCC(=O)NCC[n+]1ccccc1/C=C/c1cc2ccc(N(CC)CC)cc2oc1=O. The molecule has 3 aromatic rings. The molecule has 162 valence electrons. The van der Waals surface area contributed by atoms with E-state index in [1.54, 1.807) is 6.08 Å². The van der Waals surface area contributed by atoms with E-state index < -0.39 is 0 Å². The molecule has 3 rings (SSSR count). The zero-order valence-corrected chi connectivity index (χ0v) is 18.4. The Balaban J connectivity index is 1.83. The van der Waals surface area contributed by atoms with Gasteiger partial charge in [0.2, 0.25) is 11.6 Å². The third-order valence-electron chi connectivity index (χ3n) is 5.28. The number of carbonyl (C=O) groups is 1. The van der Waals surface area contributed by atoms with Crippen molar-refractivity contribution in [2.75, 3.05) is 24.5 Å². The number of pyridine rings is 1. The Hall–Kier alpha value is -3.41. The molecule has 1 N–H and O–H groups in total. The van der Waals surface area contributed by atoms with Crippen molar-refractivity contribution in [3.63, 3.8) is 0 Å². The number of rotatable bonds is 9. The highest BCUT2D eigenvalue weighted by Crippen LogP contribution is 2.22. The fourth-order valence-electron chi connectivity index (χ4n) is 3.48. The number of nitrogens with zero attached hydrogens (tertiary/aromatic N) is 2. The molecule has 1 amide bonds. The first kappa shape index (κ1) is 22.3. The number of carbonyl (C=O) groups excluding carboxylic acids is 1. The number of benzene rings is 1. The highest BCUT2D eigenvalue weighted by molar-refractivity contribution is 5.83. The van der Waals surface area contributed by atoms with Gasteiger partial charge < -0.3 is 14.6 Å². The first-order valence-corrected chi connectivity index (χ1v) is 10.8. The number of hydrogen-bond acceptors (Lipinski definition) is 4. The minimum absolute atomic E-state index is 0.0338. The van der Waals surface area contributed by atoms with Crippen LogP contribution in [0.2, 0.25) is 0 Å². The normalized spacial score (nSPS) is 11.2. The van der Waals surface area contributed by atoms with Gasteiger partial charge in [0, 0.05) is 54.9 Å². The van der Waals surface area contributed by atoms with Gasteiger partial charge in [-0.15, -0.1) is 0 Å². The highest BCUT2D eigenvalue weighted by Gasteiger charge is 2.10. The third-order valence-corrected chi connectivity index (χ3v) is 5.28. The van der Waals surface area contributed by atoms with Crippen LogP contribution in [0.15, 0.2) is 57.9 Å². The quantitative estimate of drug-likeness (QED) is 0.424. The van der Waals surface area contributed by atoms with E-state index in [0.29, 0.717) is 30.7 Å². The predicted octanol–water partition coefficient (Wildman–Crippen LogP) is 3.62. The van der Waals surface area contributed by atoms with Crippen LogP contribution in [0, 0.1) is 0 Å². The average Bonchev–Trinajstić information content (AvgIpc) is 2.79. The smallest absolute Gasteiger partial charge is 0.343 e.